The molecule has 5 rings (SSSR count). The van der Waals surface area contributed by atoms with Crippen molar-refractivity contribution in [2.45, 2.75) is 26.7 Å². The number of rotatable bonds is 8. The normalized spacial score (nSPS) is 13.9. The van der Waals surface area contributed by atoms with Gasteiger partial charge in [0.2, 0.25) is 0 Å². The Bertz CT molecular complexity index is 1280. The van der Waals surface area contributed by atoms with Crippen LogP contribution in [0.5, 0.6) is 23.0 Å². The quantitative estimate of drug-likeness (QED) is 0.382. The van der Waals surface area contributed by atoms with Crippen LogP contribution >= 0.6 is 0 Å². The zero-order chi connectivity index (χ0) is 23.7. The highest BCUT2D eigenvalue weighted by molar-refractivity contribution is 6.21. The molecule has 0 unspecified atom stereocenters. The largest absolute Gasteiger partial charge is 0.494 e. The van der Waals surface area contributed by atoms with Crippen LogP contribution in [-0.4, -0.2) is 25.2 Å². The lowest BCUT2D eigenvalue weighted by Crippen LogP contribution is -2.11. The van der Waals surface area contributed by atoms with E-state index < -0.39 is 11.9 Å². The average molecular weight is 456 g/mol. The van der Waals surface area contributed by atoms with E-state index in [0.717, 1.165) is 24.3 Å². The molecule has 0 spiro atoms. The first-order valence-electron chi connectivity index (χ1n) is 11.4. The van der Waals surface area contributed by atoms with E-state index in [1.165, 1.54) is 0 Å². The number of hydrogen-bond donors (Lipinski definition) is 0. The standard InChI is InChI=1S/C28H24O6/c1-3-13-31-19-9-5-17(6-10-19)25-21-15-24-22(16-23(21)33-27(25)29)26(28(30)34-24)18-7-11-20(12-8-18)32-14-4-2/h5-12,15-16H,3-4,13-14H2,1-2H3. The van der Waals surface area contributed by atoms with E-state index in [9.17, 15) is 9.59 Å². The third kappa shape index (κ3) is 3.92. The molecule has 0 aromatic heterocycles. The fraction of sp³-hybridized carbons (Fsp3) is 0.214. The second-order valence-electron chi connectivity index (χ2n) is 8.12. The van der Waals surface area contributed by atoms with Gasteiger partial charge in [0.15, 0.2) is 0 Å². The molecule has 3 aromatic carbocycles. The third-order valence-electron chi connectivity index (χ3n) is 5.67. The Morgan fingerprint density at radius 2 is 1.00 bits per heavy atom. The van der Waals surface area contributed by atoms with E-state index >= 15 is 0 Å². The molecule has 0 fully saturated rings. The maximum Gasteiger partial charge on any atom is 0.344 e. The van der Waals surface area contributed by atoms with Crippen molar-refractivity contribution in [3.05, 3.63) is 82.2 Å². The summed E-state index contributed by atoms with van der Waals surface area (Å²) in [6.45, 7) is 5.35. The van der Waals surface area contributed by atoms with Crippen molar-refractivity contribution < 1.29 is 28.5 Å². The van der Waals surface area contributed by atoms with Crippen LogP contribution in [0.3, 0.4) is 0 Å². The minimum Gasteiger partial charge on any atom is -0.494 e. The fourth-order valence-electron chi connectivity index (χ4n) is 4.06. The summed E-state index contributed by atoms with van der Waals surface area (Å²) in [6, 6.07) is 18.0. The maximum absolute atomic E-state index is 12.7. The lowest BCUT2D eigenvalue weighted by Gasteiger charge is -2.05. The average Bonchev–Trinajstić information content (AvgIpc) is 3.34. The minimum atomic E-state index is -0.439. The zero-order valence-electron chi connectivity index (χ0n) is 19.1. The number of carbonyl (C=O) groups excluding carboxylic acids is 2. The van der Waals surface area contributed by atoms with Gasteiger partial charge in [-0.3, -0.25) is 0 Å². The van der Waals surface area contributed by atoms with Crippen LogP contribution in [0.25, 0.3) is 11.1 Å². The Morgan fingerprint density at radius 3 is 1.35 bits per heavy atom. The summed E-state index contributed by atoms with van der Waals surface area (Å²) in [4.78, 5) is 25.5. The smallest absolute Gasteiger partial charge is 0.344 e. The van der Waals surface area contributed by atoms with Crippen molar-refractivity contribution in [1.82, 2.24) is 0 Å². The topological polar surface area (TPSA) is 71.1 Å². The van der Waals surface area contributed by atoms with Crippen LogP contribution in [0, 0.1) is 0 Å². The van der Waals surface area contributed by atoms with Gasteiger partial charge in [-0.2, -0.15) is 0 Å². The summed E-state index contributed by atoms with van der Waals surface area (Å²) in [7, 11) is 0. The maximum atomic E-state index is 12.7. The summed E-state index contributed by atoms with van der Waals surface area (Å²) >= 11 is 0. The van der Waals surface area contributed by atoms with Crippen molar-refractivity contribution in [2.75, 3.05) is 13.2 Å². The summed E-state index contributed by atoms with van der Waals surface area (Å²) in [5, 5.41) is 1.20. The molecule has 2 heterocycles. The van der Waals surface area contributed by atoms with Crippen LogP contribution in [0.15, 0.2) is 60.7 Å². The zero-order valence-corrected chi connectivity index (χ0v) is 19.1. The second-order valence-corrected chi connectivity index (χ2v) is 8.12. The molecule has 3 aromatic rings. The van der Waals surface area contributed by atoms with E-state index in [4.69, 9.17) is 18.9 Å². The molecule has 0 radical (unpaired) electrons. The predicted octanol–water partition coefficient (Wildman–Crippen LogP) is 3.50. The number of benzene rings is 3. The monoisotopic (exact) mass is 456 g/mol. The van der Waals surface area contributed by atoms with E-state index in [1.807, 2.05) is 62.4 Å². The van der Waals surface area contributed by atoms with Crippen molar-refractivity contribution in [3.63, 3.8) is 0 Å². The summed E-state index contributed by atoms with van der Waals surface area (Å²) in [5.41, 5.74) is 2.29. The van der Waals surface area contributed by atoms with Gasteiger partial charge in [0.05, 0.1) is 24.4 Å². The number of hydrogen-bond acceptors (Lipinski definition) is 6. The summed E-state index contributed by atoms with van der Waals surface area (Å²) in [6.07, 6.45) is 1.83. The van der Waals surface area contributed by atoms with E-state index in [-0.39, 0.29) is 0 Å². The van der Waals surface area contributed by atoms with Crippen LogP contribution in [-0.2, 0) is 9.59 Å². The van der Waals surface area contributed by atoms with Gasteiger partial charge in [-0.15, -0.1) is 0 Å². The number of fused-ring (bicyclic) bond motifs is 2. The lowest BCUT2D eigenvalue weighted by molar-refractivity contribution is -0.128. The lowest BCUT2D eigenvalue weighted by atomic mass is 10.0. The Kier molecular flexibility index (Phi) is 5.80. The Labute approximate surface area is 197 Å². The summed E-state index contributed by atoms with van der Waals surface area (Å²) in [5.74, 6) is 1.42. The van der Waals surface area contributed by atoms with Crippen molar-refractivity contribution in [3.8, 4) is 23.0 Å². The Hall–Kier alpha value is -4.06. The summed E-state index contributed by atoms with van der Waals surface area (Å²) < 4.78 is 22.4. The first-order chi connectivity index (χ1) is 16.6. The van der Waals surface area contributed by atoms with Gasteiger partial charge >= 0.3 is 11.9 Å². The Balaban J connectivity index is 1.56. The Morgan fingerprint density at radius 1 is 0.618 bits per heavy atom. The highest BCUT2D eigenvalue weighted by Crippen LogP contribution is 2.28. The van der Waals surface area contributed by atoms with Gasteiger partial charge in [-0.1, -0.05) is 38.1 Å². The minimum absolute atomic E-state index is 0.406. The van der Waals surface area contributed by atoms with Gasteiger partial charge in [-0.05, 0) is 60.4 Å². The van der Waals surface area contributed by atoms with Crippen LogP contribution in [0.1, 0.15) is 37.8 Å². The first-order valence-corrected chi connectivity index (χ1v) is 11.4. The number of ether oxygens (including phenoxy) is 4. The van der Waals surface area contributed by atoms with Gasteiger partial charge in [0, 0.05) is 10.4 Å². The first kappa shape index (κ1) is 21.8. The highest BCUT2D eigenvalue weighted by Gasteiger charge is 2.30. The predicted molar refractivity (Wildman–Crippen MR) is 126 cm³/mol. The molecule has 2 aliphatic rings. The molecule has 0 atom stereocenters. The van der Waals surface area contributed by atoms with Crippen molar-refractivity contribution in [2.24, 2.45) is 0 Å². The molecule has 0 N–H and O–H groups in total. The molecular weight excluding hydrogens is 432 g/mol. The van der Waals surface area contributed by atoms with E-state index in [2.05, 4.69) is 0 Å². The fourth-order valence-corrected chi connectivity index (χ4v) is 4.06. The highest BCUT2D eigenvalue weighted by atomic mass is 16.5. The van der Waals surface area contributed by atoms with Crippen molar-refractivity contribution in [1.29, 1.82) is 0 Å². The molecule has 34 heavy (non-hydrogen) atoms. The molecule has 0 saturated heterocycles. The molecule has 0 saturated carbocycles. The van der Waals surface area contributed by atoms with Crippen LogP contribution in [0.4, 0.5) is 0 Å². The second kappa shape index (κ2) is 9.06. The van der Waals surface area contributed by atoms with E-state index in [0.29, 0.717) is 57.4 Å². The number of esters is 2. The molecule has 0 aliphatic carbocycles. The van der Waals surface area contributed by atoms with Crippen molar-refractivity contribution >= 4 is 23.1 Å². The molecule has 0 bridgehead atoms. The molecule has 172 valence electrons. The van der Waals surface area contributed by atoms with Gasteiger partial charge in [-0.25, -0.2) is 9.59 Å². The van der Waals surface area contributed by atoms with Gasteiger partial charge in [0.1, 0.15) is 23.0 Å². The van der Waals surface area contributed by atoms with Gasteiger partial charge < -0.3 is 18.9 Å². The SMILES string of the molecule is CCCOc1ccc(C2=c3cc4c(cc3OC2=O)=C(c2ccc(OCCC)cc2)C(=O)O4)cc1. The molecular formula is C28H24O6. The van der Waals surface area contributed by atoms with Gasteiger partial charge in [0.25, 0.3) is 0 Å². The third-order valence-corrected chi connectivity index (χ3v) is 5.67. The molecule has 6 heteroatoms. The number of carbonyl (C=O) groups is 2. The van der Waals surface area contributed by atoms with Crippen LogP contribution in [0.2, 0.25) is 0 Å². The van der Waals surface area contributed by atoms with Crippen LogP contribution < -0.4 is 29.4 Å². The van der Waals surface area contributed by atoms with E-state index in [1.54, 1.807) is 12.1 Å². The molecule has 0 amide bonds. The molecule has 2 aliphatic heterocycles. The molecule has 6 nitrogen and oxygen atoms in total.